The topological polar surface area (TPSA) is 65.8 Å². The molecule has 0 atom stereocenters. The Kier molecular flexibility index (Phi) is 2.19. The molecule has 5 heteroatoms. The highest BCUT2D eigenvalue weighted by Crippen LogP contribution is 2.23. The van der Waals surface area contributed by atoms with Gasteiger partial charge in [-0.2, -0.15) is 5.10 Å². The van der Waals surface area contributed by atoms with Gasteiger partial charge in [0, 0.05) is 30.4 Å². The summed E-state index contributed by atoms with van der Waals surface area (Å²) in [7, 11) is 1.87. The van der Waals surface area contributed by atoms with Gasteiger partial charge in [-0.25, -0.2) is 0 Å². The highest BCUT2D eigenvalue weighted by Gasteiger charge is 2.10. The van der Waals surface area contributed by atoms with E-state index in [1.807, 2.05) is 42.2 Å². The molecule has 0 bridgehead atoms. The van der Waals surface area contributed by atoms with E-state index in [0.29, 0.717) is 5.56 Å². The first-order valence-corrected chi connectivity index (χ1v) is 5.56. The lowest BCUT2D eigenvalue weighted by atomic mass is 10.1. The monoisotopic (exact) mass is 240 g/mol. The van der Waals surface area contributed by atoms with Crippen LogP contribution < -0.4 is 5.73 Å². The van der Waals surface area contributed by atoms with Gasteiger partial charge >= 0.3 is 0 Å². The van der Waals surface area contributed by atoms with Gasteiger partial charge in [0.15, 0.2) is 0 Å². The summed E-state index contributed by atoms with van der Waals surface area (Å²) in [6.45, 7) is 0. The van der Waals surface area contributed by atoms with Crippen LogP contribution in [0.15, 0.2) is 42.9 Å². The largest absolute Gasteiger partial charge is 0.366 e. The molecular weight excluding hydrogens is 228 g/mol. The van der Waals surface area contributed by atoms with Gasteiger partial charge in [-0.3, -0.25) is 9.48 Å². The average Bonchev–Trinajstić information content (AvgIpc) is 2.93. The molecule has 90 valence electrons. The molecule has 0 unspecified atom stereocenters. The van der Waals surface area contributed by atoms with Crippen molar-refractivity contribution in [2.24, 2.45) is 12.8 Å². The van der Waals surface area contributed by atoms with Gasteiger partial charge in [0.2, 0.25) is 5.91 Å². The summed E-state index contributed by atoms with van der Waals surface area (Å²) in [5.41, 5.74) is 7.80. The van der Waals surface area contributed by atoms with E-state index in [1.54, 1.807) is 16.9 Å². The summed E-state index contributed by atoms with van der Waals surface area (Å²) < 4.78 is 3.72. The Morgan fingerprint density at radius 2 is 2.17 bits per heavy atom. The zero-order valence-corrected chi connectivity index (χ0v) is 9.87. The van der Waals surface area contributed by atoms with Gasteiger partial charge in [0.1, 0.15) is 0 Å². The van der Waals surface area contributed by atoms with Gasteiger partial charge < -0.3 is 10.3 Å². The van der Waals surface area contributed by atoms with Crippen LogP contribution in [0.1, 0.15) is 10.4 Å². The van der Waals surface area contributed by atoms with Crippen molar-refractivity contribution in [3.05, 3.63) is 48.4 Å². The normalized spacial score (nSPS) is 10.9. The maximum absolute atomic E-state index is 11.4. The number of benzene rings is 1. The molecule has 0 saturated carbocycles. The third-order valence-corrected chi connectivity index (χ3v) is 2.97. The van der Waals surface area contributed by atoms with Crippen molar-refractivity contribution in [3.63, 3.8) is 0 Å². The van der Waals surface area contributed by atoms with Crippen LogP contribution in [-0.4, -0.2) is 20.3 Å². The number of hydrogen-bond acceptors (Lipinski definition) is 2. The lowest BCUT2D eigenvalue weighted by Gasteiger charge is -2.02. The molecule has 1 amide bonds. The summed E-state index contributed by atoms with van der Waals surface area (Å²) in [5, 5.41) is 5.00. The third-order valence-electron chi connectivity index (χ3n) is 2.97. The molecule has 3 rings (SSSR count). The number of hydrogen-bond donors (Lipinski definition) is 1. The first kappa shape index (κ1) is 10.6. The predicted octanol–water partition coefficient (Wildman–Crippen LogP) is 1.46. The second-order valence-corrected chi connectivity index (χ2v) is 4.16. The number of carbonyl (C=O) groups is 1. The van der Waals surface area contributed by atoms with E-state index >= 15 is 0 Å². The highest BCUT2D eigenvalue weighted by atomic mass is 16.1. The number of nitrogens with two attached hydrogens (primary N) is 1. The van der Waals surface area contributed by atoms with Crippen molar-refractivity contribution in [2.75, 3.05) is 0 Å². The smallest absolute Gasteiger partial charge is 0.249 e. The van der Waals surface area contributed by atoms with Crippen LogP contribution >= 0.6 is 0 Å². The molecule has 0 aliphatic rings. The molecule has 0 spiro atoms. The molecule has 0 fully saturated rings. The number of nitrogens with zero attached hydrogens (tertiary/aromatic N) is 3. The van der Waals surface area contributed by atoms with Crippen LogP contribution in [0.5, 0.6) is 0 Å². The number of carbonyl (C=O) groups excluding carboxylic acids is 1. The Balaban J connectivity index is 2.27. The predicted molar refractivity (Wildman–Crippen MR) is 68.6 cm³/mol. The number of aromatic nitrogens is 3. The summed E-state index contributed by atoms with van der Waals surface area (Å²) >= 11 is 0. The maximum Gasteiger partial charge on any atom is 0.249 e. The Labute approximate surface area is 103 Å². The van der Waals surface area contributed by atoms with E-state index in [2.05, 4.69) is 5.10 Å². The average molecular weight is 240 g/mol. The Hall–Kier alpha value is -2.56. The van der Waals surface area contributed by atoms with Crippen LogP contribution in [0.25, 0.3) is 16.6 Å². The Bertz CT molecular complexity index is 738. The zero-order valence-electron chi connectivity index (χ0n) is 9.87. The van der Waals surface area contributed by atoms with Crippen LogP contribution in [0, 0.1) is 0 Å². The quantitative estimate of drug-likeness (QED) is 0.737. The fourth-order valence-electron chi connectivity index (χ4n) is 2.14. The Morgan fingerprint density at radius 1 is 1.33 bits per heavy atom. The fourth-order valence-corrected chi connectivity index (χ4v) is 2.14. The number of amides is 1. The van der Waals surface area contributed by atoms with Gasteiger partial charge in [-0.05, 0) is 18.2 Å². The van der Waals surface area contributed by atoms with Crippen LogP contribution in [0.3, 0.4) is 0 Å². The van der Waals surface area contributed by atoms with Crippen molar-refractivity contribution in [3.8, 4) is 5.69 Å². The molecule has 5 nitrogen and oxygen atoms in total. The molecule has 3 aromatic rings. The molecular formula is C13H12N4O. The first-order chi connectivity index (χ1) is 8.66. The van der Waals surface area contributed by atoms with Crippen LogP contribution in [0.2, 0.25) is 0 Å². The van der Waals surface area contributed by atoms with Crippen molar-refractivity contribution in [1.29, 1.82) is 0 Å². The Morgan fingerprint density at radius 3 is 2.83 bits per heavy atom. The molecule has 2 aromatic heterocycles. The zero-order chi connectivity index (χ0) is 12.7. The van der Waals surface area contributed by atoms with Gasteiger partial charge in [0.25, 0.3) is 0 Å². The molecule has 2 N–H and O–H groups in total. The fraction of sp³-hybridized carbons (Fsp3) is 0.0769. The van der Waals surface area contributed by atoms with E-state index in [0.717, 1.165) is 16.6 Å². The minimum Gasteiger partial charge on any atom is -0.366 e. The molecule has 0 aliphatic carbocycles. The SMILES string of the molecule is Cn1cc(-n2ccc3c(C(N)=O)cccc32)cn1. The number of primary amides is 1. The van der Waals surface area contributed by atoms with Crippen molar-refractivity contribution < 1.29 is 4.79 Å². The number of rotatable bonds is 2. The van der Waals surface area contributed by atoms with Gasteiger partial charge in [0.05, 0.1) is 17.4 Å². The second-order valence-electron chi connectivity index (χ2n) is 4.16. The minimum atomic E-state index is -0.412. The molecule has 0 aliphatic heterocycles. The van der Waals surface area contributed by atoms with E-state index in [9.17, 15) is 4.79 Å². The van der Waals surface area contributed by atoms with E-state index in [1.165, 1.54) is 0 Å². The van der Waals surface area contributed by atoms with Gasteiger partial charge in [-0.15, -0.1) is 0 Å². The lowest BCUT2D eigenvalue weighted by molar-refractivity contribution is 0.100. The van der Waals surface area contributed by atoms with Crippen molar-refractivity contribution >= 4 is 16.8 Å². The molecule has 0 saturated heterocycles. The summed E-state index contributed by atoms with van der Waals surface area (Å²) in [6.07, 6.45) is 5.60. The van der Waals surface area contributed by atoms with Crippen molar-refractivity contribution in [1.82, 2.24) is 14.3 Å². The lowest BCUT2D eigenvalue weighted by Crippen LogP contribution is -2.11. The van der Waals surface area contributed by atoms with E-state index < -0.39 is 5.91 Å². The standard InChI is InChI=1S/C13H12N4O/c1-16-8-9(7-15-16)17-6-5-10-11(13(14)18)3-2-4-12(10)17/h2-8H,1H3,(H2,14,18). The minimum absolute atomic E-state index is 0.412. The second kappa shape index (κ2) is 3.73. The summed E-state index contributed by atoms with van der Waals surface area (Å²) in [4.78, 5) is 11.4. The summed E-state index contributed by atoms with van der Waals surface area (Å²) in [5.74, 6) is -0.412. The van der Waals surface area contributed by atoms with E-state index in [-0.39, 0.29) is 0 Å². The maximum atomic E-state index is 11.4. The molecule has 1 aromatic carbocycles. The molecule has 18 heavy (non-hydrogen) atoms. The van der Waals surface area contributed by atoms with Crippen molar-refractivity contribution in [2.45, 2.75) is 0 Å². The molecule has 2 heterocycles. The number of fused-ring (bicyclic) bond motifs is 1. The third kappa shape index (κ3) is 1.48. The molecule has 0 radical (unpaired) electrons. The summed E-state index contributed by atoms with van der Waals surface area (Å²) in [6, 6.07) is 7.41. The van der Waals surface area contributed by atoms with E-state index in [4.69, 9.17) is 5.73 Å². The highest BCUT2D eigenvalue weighted by molar-refractivity contribution is 6.06. The van der Waals surface area contributed by atoms with Crippen LogP contribution in [0.4, 0.5) is 0 Å². The first-order valence-electron chi connectivity index (χ1n) is 5.56. The number of aryl methyl sites for hydroxylation is 1. The van der Waals surface area contributed by atoms with Crippen LogP contribution in [-0.2, 0) is 7.05 Å². The van der Waals surface area contributed by atoms with Gasteiger partial charge in [-0.1, -0.05) is 6.07 Å².